The summed E-state index contributed by atoms with van der Waals surface area (Å²) in [6, 6.07) is 7.29. The molecule has 2 aromatic carbocycles. The fourth-order valence-electron chi connectivity index (χ4n) is 4.64. The standard InChI is InChI=1S/C25H27F3N2O/c1-6-15-10-19(26)22(20(27)11-15)24-23-18(9-14(2)30(24)13-25(3,4)28)17-12-16(31-5)7-8-21(17)29-23/h6-8,10-12,14,24,29H,1,9,13H2,2-5H3. The third kappa shape index (κ3) is 3.85. The maximum absolute atomic E-state index is 15.2. The Balaban J connectivity index is 1.98. The minimum atomic E-state index is -1.53. The van der Waals surface area contributed by atoms with Crippen LogP contribution in [0.25, 0.3) is 17.0 Å². The first-order valence-electron chi connectivity index (χ1n) is 10.4. The van der Waals surface area contributed by atoms with E-state index in [1.165, 1.54) is 32.1 Å². The number of alkyl halides is 1. The fraction of sp³-hybridized carbons (Fsp3) is 0.360. The third-order valence-corrected chi connectivity index (χ3v) is 5.99. The number of nitrogens with one attached hydrogen (secondary N) is 1. The Morgan fingerprint density at radius 2 is 1.90 bits per heavy atom. The average Bonchev–Trinajstić information content (AvgIpc) is 3.05. The molecule has 0 radical (unpaired) electrons. The molecule has 31 heavy (non-hydrogen) atoms. The van der Waals surface area contributed by atoms with Gasteiger partial charge in [0.2, 0.25) is 0 Å². The van der Waals surface area contributed by atoms with Gasteiger partial charge in [0.25, 0.3) is 0 Å². The summed E-state index contributed by atoms with van der Waals surface area (Å²) in [6.07, 6.45) is 2.03. The van der Waals surface area contributed by atoms with E-state index >= 15 is 8.78 Å². The first-order valence-corrected chi connectivity index (χ1v) is 10.4. The number of aromatic nitrogens is 1. The van der Waals surface area contributed by atoms with Gasteiger partial charge >= 0.3 is 0 Å². The number of aromatic amines is 1. The predicted molar refractivity (Wildman–Crippen MR) is 118 cm³/mol. The number of hydrogen-bond acceptors (Lipinski definition) is 2. The number of H-pyrrole nitrogens is 1. The van der Waals surface area contributed by atoms with Crippen LogP contribution < -0.4 is 4.74 Å². The monoisotopic (exact) mass is 428 g/mol. The lowest BCUT2D eigenvalue weighted by Crippen LogP contribution is -2.48. The molecule has 164 valence electrons. The Morgan fingerprint density at radius 1 is 1.23 bits per heavy atom. The highest BCUT2D eigenvalue weighted by molar-refractivity contribution is 5.87. The van der Waals surface area contributed by atoms with E-state index in [1.54, 1.807) is 7.11 Å². The van der Waals surface area contributed by atoms with Crippen molar-refractivity contribution >= 4 is 17.0 Å². The van der Waals surface area contributed by atoms with Gasteiger partial charge in [0.1, 0.15) is 23.1 Å². The van der Waals surface area contributed by atoms with Crippen molar-refractivity contribution in [3.05, 3.63) is 70.9 Å². The Labute approximate surface area is 180 Å². The van der Waals surface area contributed by atoms with Crippen molar-refractivity contribution in [3.8, 4) is 5.75 Å². The molecule has 2 atom stereocenters. The SMILES string of the molecule is C=Cc1cc(F)c(C2c3[nH]c4ccc(OC)cc4c3CC(C)N2CC(C)(C)F)c(F)c1. The topological polar surface area (TPSA) is 28.3 Å². The number of halogens is 3. The van der Waals surface area contributed by atoms with Crippen LogP contribution in [-0.2, 0) is 6.42 Å². The number of ether oxygens (including phenoxy) is 1. The minimum Gasteiger partial charge on any atom is -0.497 e. The van der Waals surface area contributed by atoms with Crippen LogP contribution in [0, 0.1) is 11.6 Å². The zero-order valence-electron chi connectivity index (χ0n) is 18.2. The van der Waals surface area contributed by atoms with Gasteiger partial charge in [0, 0.05) is 34.7 Å². The first kappa shape index (κ1) is 21.5. The Morgan fingerprint density at radius 3 is 2.48 bits per heavy atom. The molecule has 6 heteroatoms. The summed E-state index contributed by atoms with van der Waals surface area (Å²) >= 11 is 0. The molecule has 4 rings (SSSR count). The Hall–Kier alpha value is -2.73. The lowest BCUT2D eigenvalue weighted by atomic mass is 9.87. The van der Waals surface area contributed by atoms with Crippen molar-refractivity contribution in [2.75, 3.05) is 13.7 Å². The zero-order chi connectivity index (χ0) is 22.5. The van der Waals surface area contributed by atoms with E-state index in [0.29, 0.717) is 23.4 Å². The number of rotatable bonds is 5. The second-order valence-corrected chi connectivity index (χ2v) is 8.88. The van der Waals surface area contributed by atoms with Crippen LogP contribution in [-0.4, -0.2) is 35.2 Å². The second kappa shape index (κ2) is 7.75. The molecule has 3 nitrogen and oxygen atoms in total. The third-order valence-electron chi connectivity index (χ3n) is 5.99. The molecule has 1 N–H and O–H groups in total. The lowest BCUT2D eigenvalue weighted by molar-refractivity contribution is 0.0643. The molecule has 3 aromatic rings. The molecule has 0 saturated carbocycles. The van der Waals surface area contributed by atoms with Crippen molar-refractivity contribution < 1.29 is 17.9 Å². The lowest BCUT2D eigenvalue weighted by Gasteiger charge is -2.43. The molecule has 0 bridgehead atoms. The Kier molecular flexibility index (Phi) is 5.38. The van der Waals surface area contributed by atoms with Crippen molar-refractivity contribution in [3.63, 3.8) is 0 Å². The molecule has 1 aliphatic rings. The number of nitrogens with zero attached hydrogens (tertiary/aromatic N) is 1. The van der Waals surface area contributed by atoms with Gasteiger partial charge in [0.15, 0.2) is 0 Å². The smallest absolute Gasteiger partial charge is 0.131 e. The minimum absolute atomic E-state index is 0.0407. The van der Waals surface area contributed by atoms with Crippen LogP contribution in [0.4, 0.5) is 13.2 Å². The maximum atomic E-state index is 15.2. The van der Waals surface area contributed by atoms with Crippen molar-refractivity contribution in [2.45, 2.75) is 44.9 Å². The number of fused-ring (bicyclic) bond motifs is 3. The van der Waals surface area contributed by atoms with E-state index in [-0.39, 0.29) is 18.2 Å². The van der Waals surface area contributed by atoms with E-state index in [4.69, 9.17) is 4.74 Å². The van der Waals surface area contributed by atoms with Crippen LogP contribution in [0.3, 0.4) is 0 Å². The van der Waals surface area contributed by atoms with Gasteiger partial charge in [-0.3, -0.25) is 4.90 Å². The second-order valence-electron chi connectivity index (χ2n) is 8.88. The molecule has 0 amide bonds. The molecule has 2 heterocycles. The van der Waals surface area contributed by atoms with Gasteiger partial charge in [-0.05, 0) is 68.7 Å². The average molecular weight is 428 g/mol. The largest absolute Gasteiger partial charge is 0.497 e. The van der Waals surface area contributed by atoms with Crippen molar-refractivity contribution in [1.82, 2.24) is 9.88 Å². The Bertz CT molecular complexity index is 1120. The first-order chi connectivity index (χ1) is 14.6. The molecule has 1 aliphatic heterocycles. The molecular weight excluding hydrogens is 401 g/mol. The number of hydrogen-bond donors (Lipinski definition) is 1. The van der Waals surface area contributed by atoms with E-state index in [0.717, 1.165) is 16.5 Å². The zero-order valence-corrected chi connectivity index (χ0v) is 18.2. The van der Waals surface area contributed by atoms with Crippen LogP contribution >= 0.6 is 0 Å². The molecular formula is C25H27F3N2O. The summed E-state index contributed by atoms with van der Waals surface area (Å²) in [5, 5.41) is 0.953. The van der Waals surface area contributed by atoms with Crippen molar-refractivity contribution in [2.24, 2.45) is 0 Å². The molecule has 0 saturated heterocycles. The maximum Gasteiger partial charge on any atom is 0.131 e. The van der Waals surface area contributed by atoms with Crippen LogP contribution in [0.5, 0.6) is 5.75 Å². The van der Waals surface area contributed by atoms with Crippen LogP contribution in [0.1, 0.15) is 49.2 Å². The quantitative estimate of drug-likeness (QED) is 0.525. The normalized spacial score (nSPS) is 19.5. The van der Waals surface area contributed by atoms with Gasteiger partial charge < -0.3 is 9.72 Å². The van der Waals surface area contributed by atoms with Gasteiger partial charge in [0.05, 0.1) is 13.2 Å². The molecule has 0 spiro atoms. The fourth-order valence-corrected chi connectivity index (χ4v) is 4.64. The van der Waals surface area contributed by atoms with E-state index in [9.17, 15) is 4.39 Å². The van der Waals surface area contributed by atoms with E-state index in [1.807, 2.05) is 30.0 Å². The molecule has 2 unspecified atom stereocenters. The van der Waals surface area contributed by atoms with Gasteiger partial charge in [-0.1, -0.05) is 12.7 Å². The summed E-state index contributed by atoms with van der Waals surface area (Å²) in [6.45, 7) is 8.57. The van der Waals surface area contributed by atoms with Gasteiger partial charge in [-0.15, -0.1) is 0 Å². The molecule has 0 aliphatic carbocycles. The highest BCUT2D eigenvalue weighted by atomic mass is 19.1. The summed E-state index contributed by atoms with van der Waals surface area (Å²) in [5.74, 6) is -0.630. The highest BCUT2D eigenvalue weighted by Gasteiger charge is 2.40. The number of benzene rings is 2. The summed E-state index contributed by atoms with van der Waals surface area (Å²) in [7, 11) is 1.60. The predicted octanol–water partition coefficient (Wildman–Crippen LogP) is 6.18. The van der Waals surface area contributed by atoms with Crippen LogP contribution in [0.15, 0.2) is 36.9 Å². The van der Waals surface area contributed by atoms with E-state index in [2.05, 4.69) is 11.6 Å². The van der Waals surface area contributed by atoms with Crippen LogP contribution in [0.2, 0.25) is 0 Å². The summed E-state index contributed by atoms with van der Waals surface area (Å²) < 4.78 is 50.6. The summed E-state index contributed by atoms with van der Waals surface area (Å²) in [4.78, 5) is 5.21. The van der Waals surface area contributed by atoms with Gasteiger partial charge in [-0.2, -0.15) is 0 Å². The van der Waals surface area contributed by atoms with Crippen molar-refractivity contribution in [1.29, 1.82) is 0 Å². The summed E-state index contributed by atoms with van der Waals surface area (Å²) in [5.41, 5.74) is 1.27. The highest BCUT2D eigenvalue weighted by Crippen LogP contribution is 2.43. The number of methoxy groups -OCH3 is 1. The van der Waals surface area contributed by atoms with E-state index < -0.39 is 23.3 Å². The molecule has 1 aromatic heterocycles. The molecule has 0 fully saturated rings. The van der Waals surface area contributed by atoms with Gasteiger partial charge in [-0.25, -0.2) is 13.2 Å².